The number of nitrogens with zero attached hydrogens (tertiary/aromatic N) is 1. The maximum atomic E-state index is 14.4. The van der Waals surface area contributed by atoms with Gasteiger partial charge in [0, 0.05) is 17.0 Å². The number of rotatable bonds is 10. The molecule has 5 unspecified atom stereocenters. The van der Waals surface area contributed by atoms with Gasteiger partial charge >= 0.3 is 11.9 Å². The minimum absolute atomic E-state index is 0.0144. The third-order valence-electron chi connectivity index (χ3n) is 8.30. The van der Waals surface area contributed by atoms with Crippen LogP contribution in [-0.2, 0) is 14.3 Å². The van der Waals surface area contributed by atoms with Gasteiger partial charge in [-0.3, -0.25) is 24.1 Å². The molecule has 2 aliphatic rings. The second-order valence-corrected chi connectivity index (χ2v) is 10.5. The molecule has 208 valence electrons. The van der Waals surface area contributed by atoms with Gasteiger partial charge in [0.2, 0.25) is 0 Å². The normalized spacial score (nSPS) is 28.4. The van der Waals surface area contributed by atoms with Crippen molar-refractivity contribution in [1.82, 2.24) is 10.2 Å². The third kappa shape index (κ3) is 4.50. The fraction of sp³-hybridized carbons (Fsp3) is 0.429. The summed E-state index contributed by atoms with van der Waals surface area (Å²) in [4.78, 5) is 52.1. The van der Waals surface area contributed by atoms with E-state index in [4.69, 9.17) is 16.3 Å². The molecule has 5 atom stereocenters. The van der Waals surface area contributed by atoms with Crippen LogP contribution in [0.4, 0.5) is 4.39 Å². The van der Waals surface area contributed by atoms with Gasteiger partial charge < -0.3 is 20.3 Å². The van der Waals surface area contributed by atoms with Crippen LogP contribution < -0.4 is 5.32 Å². The number of carboxylic acids is 2. The number of hydrogen-bond donors (Lipinski definition) is 3. The first kappa shape index (κ1) is 28.7. The molecule has 11 heteroatoms. The highest BCUT2D eigenvalue weighted by Crippen LogP contribution is 2.58. The number of carboxylic acid groups (broad SMARTS) is 2. The molecule has 2 aliphatic heterocycles. The molecule has 1 fully saturated rings. The maximum Gasteiger partial charge on any atom is 0.311 e. The van der Waals surface area contributed by atoms with E-state index in [1.165, 1.54) is 6.92 Å². The summed E-state index contributed by atoms with van der Waals surface area (Å²) in [5.74, 6) is -4.74. The van der Waals surface area contributed by atoms with E-state index in [1.807, 2.05) is 0 Å². The van der Waals surface area contributed by atoms with Gasteiger partial charge in [-0.2, -0.15) is 0 Å². The Kier molecular flexibility index (Phi) is 8.11. The van der Waals surface area contributed by atoms with Gasteiger partial charge in [-0.05, 0) is 37.1 Å². The molecule has 39 heavy (non-hydrogen) atoms. The molecule has 9 nitrogen and oxygen atoms in total. The number of carbonyl (C=O) groups excluding carboxylic acids is 2. The summed E-state index contributed by atoms with van der Waals surface area (Å²) in [6, 6.07) is 10.6. The van der Waals surface area contributed by atoms with Crippen LogP contribution in [0.25, 0.3) is 0 Å². The lowest BCUT2D eigenvalue weighted by Crippen LogP contribution is -2.71. The molecule has 2 aromatic rings. The van der Waals surface area contributed by atoms with E-state index >= 15 is 0 Å². The Balaban J connectivity index is 1.63. The predicted octanol–water partition coefficient (Wildman–Crippen LogP) is 3.62. The Morgan fingerprint density at radius 3 is 2.13 bits per heavy atom. The van der Waals surface area contributed by atoms with Crippen molar-refractivity contribution in [3.8, 4) is 0 Å². The van der Waals surface area contributed by atoms with Gasteiger partial charge in [-0.15, -0.1) is 0 Å². The molecule has 2 amide bonds. The monoisotopic (exact) mass is 560 g/mol. The minimum atomic E-state index is -1.87. The third-order valence-corrected chi connectivity index (χ3v) is 8.64. The van der Waals surface area contributed by atoms with Crippen molar-refractivity contribution in [2.45, 2.75) is 38.3 Å². The number of fused-ring (bicyclic) bond motifs is 1. The SMILES string of the molecule is CCC1(C(=O)O)C(COCCN2C(=O)c3ccccc3C2=O)NC(CF)C(C)(C(=O)O)C1c1ccccc1Cl. The molecule has 2 heterocycles. The van der Waals surface area contributed by atoms with Gasteiger partial charge in [0.05, 0.1) is 47.8 Å². The largest absolute Gasteiger partial charge is 0.481 e. The molecular weight excluding hydrogens is 531 g/mol. The summed E-state index contributed by atoms with van der Waals surface area (Å²) in [5, 5.41) is 24.1. The second-order valence-electron chi connectivity index (χ2n) is 10.1. The molecule has 0 aromatic heterocycles. The second kappa shape index (κ2) is 11.0. The van der Waals surface area contributed by atoms with Crippen LogP contribution in [0.3, 0.4) is 0 Å². The van der Waals surface area contributed by atoms with Crippen LogP contribution in [0.1, 0.15) is 52.5 Å². The van der Waals surface area contributed by atoms with E-state index < -0.39 is 59.3 Å². The highest BCUT2D eigenvalue weighted by Gasteiger charge is 2.66. The number of ether oxygens (including phenoxy) is 1. The number of halogens is 2. The van der Waals surface area contributed by atoms with Gasteiger partial charge in [-0.1, -0.05) is 48.9 Å². The predicted molar refractivity (Wildman–Crippen MR) is 140 cm³/mol. The minimum Gasteiger partial charge on any atom is -0.481 e. The number of carbonyl (C=O) groups is 4. The summed E-state index contributed by atoms with van der Waals surface area (Å²) in [6.07, 6.45) is -0.0144. The first-order valence-corrected chi connectivity index (χ1v) is 13.0. The summed E-state index contributed by atoms with van der Waals surface area (Å²) < 4.78 is 20.2. The topological polar surface area (TPSA) is 133 Å². The average Bonchev–Trinajstić information content (AvgIpc) is 3.16. The Hall–Kier alpha value is -3.34. The van der Waals surface area contributed by atoms with Crippen molar-refractivity contribution in [3.63, 3.8) is 0 Å². The van der Waals surface area contributed by atoms with Crippen molar-refractivity contribution in [3.05, 3.63) is 70.2 Å². The summed E-state index contributed by atoms with van der Waals surface area (Å²) in [6.45, 7) is 1.48. The highest BCUT2D eigenvalue weighted by molar-refractivity contribution is 6.31. The zero-order chi connectivity index (χ0) is 28.5. The highest BCUT2D eigenvalue weighted by atomic mass is 35.5. The van der Waals surface area contributed by atoms with Crippen molar-refractivity contribution in [1.29, 1.82) is 0 Å². The number of alkyl halides is 1. The van der Waals surface area contributed by atoms with E-state index in [2.05, 4.69) is 5.32 Å². The molecule has 4 rings (SSSR count). The number of hydrogen-bond acceptors (Lipinski definition) is 6. The molecule has 0 radical (unpaired) electrons. The van der Waals surface area contributed by atoms with E-state index in [9.17, 15) is 33.8 Å². The Morgan fingerprint density at radius 2 is 1.62 bits per heavy atom. The van der Waals surface area contributed by atoms with Gasteiger partial charge in [0.15, 0.2) is 0 Å². The van der Waals surface area contributed by atoms with Crippen LogP contribution in [0.15, 0.2) is 48.5 Å². The van der Waals surface area contributed by atoms with Gasteiger partial charge in [0.25, 0.3) is 11.8 Å². The molecule has 0 spiro atoms. The van der Waals surface area contributed by atoms with E-state index in [0.29, 0.717) is 16.7 Å². The van der Waals surface area contributed by atoms with Crippen LogP contribution in [0.2, 0.25) is 5.02 Å². The van der Waals surface area contributed by atoms with Gasteiger partial charge in [0.1, 0.15) is 6.67 Å². The van der Waals surface area contributed by atoms with Gasteiger partial charge in [-0.25, -0.2) is 4.39 Å². The van der Waals surface area contributed by atoms with Crippen molar-refractivity contribution < 1.29 is 38.5 Å². The lowest BCUT2D eigenvalue weighted by molar-refractivity contribution is -0.175. The summed E-state index contributed by atoms with van der Waals surface area (Å²) >= 11 is 6.48. The van der Waals surface area contributed by atoms with Crippen LogP contribution in [0.5, 0.6) is 0 Å². The molecule has 1 saturated heterocycles. The smallest absolute Gasteiger partial charge is 0.311 e. The first-order chi connectivity index (χ1) is 18.5. The Labute approximate surface area is 229 Å². The van der Waals surface area contributed by atoms with E-state index in [1.54, 1.807) is 55.5 Å². The fourth-order valence-corrected chi connectivity index (χ4v) is 6.40. The molecule has 3 N–H and O–H groups in total. The molecule has 2 aromatic carbocycles. The number of amides is 2. The molecular formula is C28H30ClFN2O7. The fourth-order valence-electron chi connectivity index (χ4n) is 6.16. The lowest BCUT2D eigenvalue weighted by Gasteiger charge is -2.56. The first-order valence-electron chi connectivity index (χ1n) is 12.6. The average molecular weight is 561 g/mol. The van der Waals surface area contributed by atoms with Crippen molar-refractivity contribution in [2.75, 3.05) is 26.4 Å². The number of benzene rings is 2. The van der Waals surface area contributed by atoms with Crippen molar-refractivity contribution in [2.24, 2.45) is 10.8 Å². The standard InChI is InChI=1S/C28H30ClFN2O7/c1-3-28(26(37)38)21(15-39-13-12-32-23(33)16-8-4-5-9-17(16)24(32)34)31-20(14-30)27(2,25(35)36)22(28)18-10-6-7-11-19(18)29/h4-11,20-22,31H,3,12-15H2,1-2H3,(H,35,36)(H,37,38). The number of nitrogens with one attached hydrogen (secondary N) is 1. The quantitative estimate of drug-likeness (QED) is 0.296. The van der Waals surface area contributed by atoms with E-state index in [0.717, 1.165) is 4.90 Å². The zero-order valence-corrected chi connectivity index (χ0v) is 22.3. The lowest BCUT2D eigenvalue weighted by atomic mass is 9.51. The van der Waals surface area contributed by atoms with Crippen LogP contribution in [-0.4, -0.2) is 77.4 Å². The summed E-state index contributed by atoms with van der Waals surface area (Å²) in [7, 11) is 0. The van der Waals surface area contributed by atoms with E-state index in [-0.39, 0.29) is 31.2 Å². The van der Waals surface area contributed by atoms with Crippen LogP contribution >= 0.6 is 11.6 Å². The number of imide groups is 1. The van der Waals surface area contributed by atoms with Crippen molar-refractivity contribution >= 4 is 35.4 Å². The Morgan fingerprint density at radius 1 is 1.03 bits per heavy atom. The van der Waals surface area contributed by atoms with Crippen LogP contribution in [0, 0.1) is 10.8 Å². The Bertz CT molecular complexity index is 1270. The number of aliphatic carboxylic acids is 2. The molecule has 0 aliphatic carbocycles. The zero-order valence-electron chi connectivity index (χ0n) is 21.5. The number of piperidine rings is 1. The summed E-state index contributed by atoms with van der Waals surface area (Å²) in [5.41, 5.74) is -2.73. The molecule has 0 bridgehead atoms. The maximum absolute atomic E-state index is 14.4. The molecule has 0 saturated carbocycles.